The second kappa shape index (κ2) is 7.04. The normalized spacial score (nSPS) is 10.3. The molecule has 0 atom stereocenters. The topological polar surface area (TPSA) is 79.9 Å². The minimum Gasteiger partial charge on any atom is -0.466 e. The van der Waals surface area contributed by atoms with Gasteiger partial charge in [-0.3, -0.25) is 9.89 Å². The van der Waals surface area contributed by atoms with Crippen molar-refractivity contribution in [2.45, 2.75) is 19.9 Å². The summed E-state index contributed by atoms with van der Waals surface area (Å²) in [6.45, 7) is 2.64. The van der Waals surface area contributed by atoms with Gasteiger partial charge in [0.1, 0.15) is 12.2 Å². The van der Waals surface area contributed by atoms with Crippen molar-refractivity contribution >= 4 is 27.6 Å². The SMILES string of the molecule is CCOC(=O)Cc1n[nH]c(CNc2ccc(Br)cc2)n1. The van der Waals surface area contributed by atoms with Crippen LogP contribution in [0.25, 0.3) is 0 Å². The van der Waals surface area contributed by atoms with Crippen LogP contribution in [0, 0.1) is 0 Å². The molecule has 2 rings (SSSR count). The number of esters is 1. The van der Waals surface area contributed by atoms with Crippen LogP contribution in [0.5, 0.6) is 0 Å². The molecule has 0 bridgehead atoms. The number of aromatic amines is 1. The van der Waals surface area contributed by atoms with Crippen molar-refractivity contribution in [3.63, 3.8) is 0 Å². The van der Waals surface area contributed by atoms with E-state index in [1.807, 2.05) is 24.3 Å². The van der Waals surface area contributed by atoms with E-state index in [2.05, 4.69) is 36.4 Å². The van der Waals surface area contributed by atoms with Crippen LogP contribution in [-0.4, -0.2) is 27.8 Å². The number of hydrogen-bond acceptors (Lipinski definition) is 5. The number of nitrogens with one attached hydrogen (secondary N) is 2. The molecule has 0 aliphatic heterocycles. The van der Waals surface area contributed by atoms with Gasteiger partial charge >= 0.3 is 5.97 Å². The maximum absolute atomic E-state index is 11.3. The Morgan fingerprint density at radius 2 is 2.15 bits per heavy atom. The average Bonchev–Trinajstić information content (AvgIpc) is 2.86. The molecule has 2 N–H and O–H groups in total. The van der Waals surface area contributed by atoms with E-state index >= 15 is 0 Å². The number of nitrogens with zero attached hydrogens (tertiary/aromatic N) is 2. The highest BCUT2D eigenvalue weighted by atomic mass is 79.9. The molecule has 0 saturated carbocycles. The van der Waals surface area contributed by atoms with Crippen LogP contribution in [0.3, 0.4) is 0 Å². The number of halogens is 1. The summed E-state index contributed by atoms with van der Waals surface area (Å²) in [5.41, 5.74) is 0.983. The van der Waals surface area contributed by atoms with E-state index in [1.165, 1.54) is 0 Å². The van der Waals surface area contributed by atoms with Crippen LogP contribution in [0.1, 0.15) is 18.6 Å². The fourth-order valence-corrected chi connectivity index (χ4v) is 1.85. The van der Waals surface area contributed by atoms with Crippen LogP contribution in [0.15, 0.2) is 28.7 Å². The zero-order valence-electron chi connectivity index (χ0n) is 11.0. The molecule has 1 aromatic heterocycles. The number of anilines is 1. The zero-order chi connectivity index (χ0) is 14.4. The maximum Gasteiger partial charge on any atom is 0.313 e. The van der Waals surface area contributed by atoms with E-state index in [1.54, 1.807) is 6.92 Å². The molecule has 1 aromatic carbocycles. The first-order chi connectivity index (χ1) is 9.67. The Labute approximate surface area is 125 Å². The second-order valence-corrected chi connectivity index (χ2v) is 4.96. The summed E-state index contributed by atoms with van der Waals surface area (Å²) in [6.07, 6.45) is 0.0859. The summed E-state index contributed by atoms with van der Waals surface area (Å²) in [5.74, 6) is 0.794. The monoisotopic (exact) mass is 338 g/mol. The smallest absolute Gasteiger partial charge is 0.313 e. The lowest BCUT2D eigenvalue weighted by Gasteiger charge is -2.03. The molecule has 1 heterocycles. The summed E-state index contributed by atoms with van der Waals surface area (Å²) >= 11 is 3.38. The third kappa shape index (κ3) is 4.34. The first-order valence-electron chi connectivity index (χ1n) is 6.22. The van der Waals surface area contributed by atoms with Gasteiger partial charge in [-0.05, 0) is 31.2 Å². The first kappa shape index (κ1) is 14.5. The Morgan fingerprint density at radius 3 is 2.85 bits per heavy atom. The number of aromatic nitrogens is 3. The Morgan fingerprint density at radius 1 is 1.40 bits per heavy atom. The van der Waals surface area contributed by atoms with Gasteiger partial charge in [0.15, 0.2) is 5.82 Å². The van der Waals surface area contributed by atoms with Gasteiger partial charge in [-0.2, -0.15) is 5.10 Å². The van der Waals surface area contributed by atoms with Gasteiger partial charge in [-0.25, -0.2) is 4.98 Å². The van der Waals surface area contributed by atoms with Crippen molar-refractivity contribution in [3.8, 4) is 0 Å². The molecule has 106 valence electrons. The van der Waals surface area contributed by atoms with Gasteiger partial charge in [-0.15, -0.1) is 0 Å². The number of benzene rings is 1. The van der Waals surface area contributed by atoms with Gasteiger partial charge < -0.3 is 10.1 Å². The quantitative estimate of drug-likeness (QED) is 0.790. The fraction of sp³-hybridized carbons (Fsp3) is 0.308. The van der Waals surface area contributed by atoms with Gasteiger partial charge in [0.25, 0.3) is 0 Å². The first-order valence-corrected chi connectivity index (χ1v) is 7.02. The summed E-state index contributed by atoms with van der Waals surface area (Å²) < 4.78 is 5.87. The number of rotatable bonds is 6. The van der Waals surface area contributed by atoms with E-state index in [0.717, 1.165) is 10.2 Å². The van der Waals surface area contributed by atoms with E-state index < -0.39 is 0 Å². The molecular weight excluding hydrogens is 324 g/mol. The van der Waals surface area contributed by atoms with Crippen molar-refractivity contribution < 1.29 is 9.53 Å². The van der Waals surface area contributed by atoms with Crippen LogP contribution in [0.2, 0.25) is 0 Å². The van der Waals surface area contributed by atoms with Crippen LogP contribution >= 0.6 is 15.9 Å². The molecule has 0 saturated heterocycles. The summed E-state index contributed by atoms with van der Waals surface area (Å²) in [7, 11) is 0. The number of hydrogen-bond donors (Lipinski definition) is 2. The van der Waals surface area contributed by atoms with E-state index in [0.29, 0.717) is 24.8 Å². The number of carbonyl (C=O) groups is 1. The molecule has 0 radical (unpaired) electrons. The van der Waals surface area contributed by atoms with Crippen LogP contribution in [-0.2, 0) is 22.5 Å². The maximum atomic E-state index is 11.3. The molecule has 6 nitrogen and oxygen atoms in total. The summed E-state index contributed by atoms with van der Waals surface area (Å²) in [4.78, 5) is 15.5. The minimum atomic E-state index is -0.320. The molecule has 2 aromatic rings. The second-order valence-electron chi connectivity index (χ2n) is 4.04. The standard InChI is InChI=1S/C13H15BrN4O2/c1-2-20-13(19)7-11-16-12(18-17-11)8-15-10-5-3-9(14)4-6-10/h3-6,15H,2,7-8H2,1H3,(H,16,17,18). The molecular formula is C13H15BrN4O2. The predicted octanol–water partition coefficient (Wildman–Crippen LogP) is 2.28. The van der Waals surface area contributed by atoms with Crippen LogP contribution < -0.4 is 5.32 Å². The highest BCUT2D eigenvalue weighted by molar-refractivity contribution is 9.10. The molecule has 0 unspecified atom stereocenters. The molecule has 0 aliphatic carbocycles. The lowest BCUT2D eigenvalue weighted by Crippen LogP contribution is -2.08. The van der Waals surface area contributed by atoms with Crippen molar-refractivity contribution in [2.24, 2.45) is 0 Å². The van der Waals surface area contributed by atoms with Crippen molar-refractivity contribution in [3.05, 3.63) is 40.4 Å². The number of carbonyl (C=O) groups excluding carboxylic acids is 1. The predicted molar refractivity (Wildman–Crippen MR) is 78.2 cm³/mol. The molecule has 0 amide bonds. The zero-order valence-corrected chi connectivity index (χ0v) is 12.6. The third-order valence-corrected chi connectivity index (χ3v) is 3.02. The fourth-order valence-electron chi connectivity index (χ4n) is 1.59. The van der Waals surface area contributed by atoms with E-state index in [-0.39, 0.29) is 12.4 Å². The molecule has 7 heteroatoms. The Bertz CT molecular complexity index is 568. The molecule has 20 heavy (non-hydrogen) atoms. The Balaban J connectivity index is 1.86. The van der Waals surface area contributed by atoms with Crippen molar-refractivity contribution in [2.75, 3.05) is 11.9 Å². The Hall–Kier alpha value is -1.89. The minimum absolute atomic E-state index is 0.0859. The van der Waals surface area contributed by atoms with E-state index in [4.69, 9.17) is 4.74 Å². The highest BCUT2D eigenvalue weighted by Gasteiger charge is 2.09. The lowest BCUT2D eigenvalue weighted by atomic mass is 10.3. The van der Waals surface area contributed by atoms with Gasteiger partial charge in [-0.1, -0.05) is 15.9 Å². The number of H-pyrrole nitrogens is 1. The summed E-state index contributed by atoms with van der Waals surface area (Å²) in [5, 5.41) is 9.98. The largest absolute Gasteiger partial charge is 0.466 e. The van der Waals surface area contributed by atoms with Gasteiger partial charge in [0, 0.05) is 10.2 Å². The van der Waals surface area contributed by atoms with E-state index in [9.17, 15) is 4.79 Å². The third-order valence-electron chi connectivity index (χ3n) is 2.49. The van der Waals surface area contributed by atoms with Gasteiger partial charge in [0.05, 0.1) is 13.2 Å². The van der Waals surface area contributed by atoms with Crippen molar-refractivity contribution in [1.29, 1.82) is 0 Å². The Kier molecular flexibility index (Phi) is 5.11. The average molecular weight is 339 g/mol. The summed E-state index contributed by atoms with van der Waals surface area (Å²) in [6, 6.07) is 7.82. The lowest BCUT2D eigenvalue weighted by molar-refractivity contribution is -0.142. The van der Waals surface area contributed by atoms with Crippen LogP contribution in [0.4, 0.5) is 5.69 Å². The van der Waals surface area contributed by atoms with Crippen molar-refractivity contribution in [1.82, 2.24) is 15.2 Å². The highest BCUT2D eigenvalue weighted by Crippen LogP contribution is 2.14. The molecule has 0 aliphatic rings. The number of ether oxygens (including phenoxy) is 1. The molecule has 0 fully saturated rings. The molecule has 0 spiro atoms. The van der Waals surface area contributed by atoms with Gasteiger partial charge in [0.2, 0.25) is 0 Å².